The third-order valence-electron chi connectivity index (χ3n) is 1.74. The van der Waals surface area contributed by atoms with Gasteiger partial charge in [0.05, 0.1) is 5.60 Å². The second-order valence-corrected chi connectivity index (χ2v) is 2.45. The Kier molecular flexibility index (Phi) is 1.72. The van der Waals surface area contributed by atoms with Gasteiger partial charge in [-0.3, -0.25) is 0 Å². The van der Waals surface area contributed by atoms with Crippen molar-refractivity contribution in [3.8, 4) is 0 Å². The molecule has 0 radical (unpaired) electrons. The van der Waals surface area contributed by atoms with E-state index >= 15 is 0 Å². The molecule has 0 saturated heterocycles. The average Bonchev–Trinajstić information content (AvgIpc) is 1.90. The van der Waals surface area contributed by atoms with Crippen LogP contribution in [0.5, 0.6) is 0 Å². The van der Waals surface area contributed by atoms with Gasteiger partial charge in [-0.25, -0.2) is 0 Å². The molecule has 1 aliphatic rings. The van der Waals surface area contributed by atoms with Gasteiger partial charge in [0.15, 0.2) is 0 Å². The molecule has 0 aromatic heterocycles. The van der Waals surface area contributed by atoms with Crippen LogP contribution < -0.4 is 0 Å². The Morgan fingerprint density at radius 3 is 2.67 bits per heavy atom. The molecule has 1 N–H and O–H groups in total. The van der Waals surface area contributed by atoms with E-state index in [1.165, 1.54) is 0 Å². The number of aliphatic hydroxyl groups is 1. The number of allylic oxidation sites excluding steroid dienone is 2. The molecule has 0 aromatic carbocycles. The maximum Gasteiger partial charge on any atom is 0.0862 e. The third kappa shape index (κ3) is 1.42. The maximum absolute atomic E-state index is 9.54. The molecule has 0 fully saturated rings. The van der Waals surface area contributed by atoms with Gasteiger partial charge in [-0.15, -0.1) is 0 Å². The fourth-order valence-electron chi connectivity index (χ4n) is 0.916. The van der Waals surface area contributed by atoms with Crippen molar-refractivity contribution in [2.75, 3.05) is 0 Å². The van der Waals surface area contributed by atoms with Crippen molar-refractivity contribution in [3.63, 3.8) is 0 Å². The molecule has 9 heavy (non-hydrogen) atoms. The van der Waals surface area contributed by atoms with E-state index in [4.69, 9.17) is 0 Å². The summed E-state index contributed by atoms with van der Waals surface area (Å²) in [6, 6.07) is 0. The lowest BCUT2D eigenvalue weighted by atomic mass is 9.93. The molecule has 0 aromatic rings. The average molecular weight is 124 g/mol. The molecule has 0 bridgehead atoms. The van der Waals surface area contributed by atoms with Gasteiger partial charge in [-0.05, 0) is 12.8 Å². The summed E-state index contributed by atoms with van der Waals surface area (Å²) in [4.78, 5) is 0. The lowest BCUT2D eigenvalue weighted by molar-refractivity contribution is 0.0889. The Morgan fingerprint density at radius 2 is 2.33 bits per heavy atom. The molecule has 50 valence electrons. The van der Waals surface area contributed by atoms with Gasteiger partial charge >= 0.3 is 0 Å². The monoisotopic (exact) mass is 124 g/mol. The molecule has 1 nitrogen and oxygen atoms in total. The lowest BCUT2D eigenvalue weighted by Gasteiger charge is -2.22. The van der Waals surface area contributed by atoms with Crippen LogP contribution in [0.4, 0.5) is 0 Å². The van der Waals surface area contributed by atoms with E-state index in [2.05, 4.69) is 0 Å². The highest BCUT2D eigenvalue weighted by Crippen LogP contribution is 2.20. The van der Waals surface area contributed by atoms with Crippen LogP contribution >= 0.6 is 0 Å². The van der Waals surface area contributed by atoms with E-state index in [0.29, 0.717) is 0 Å². The highest BCUT2D eigenvalue weighted by Gasteiger charge is 2.19. The van der Waals surface area contributed by atoms with Gasteiger partial charge in [0.2, 0.25) is 0 Å². The number of hydrogen-bond donors (Lipinski definition) is 1. The van der Waals surface area contributed by atoms with Crippen LogP contribution in [0.25, 0.3) is 0 Å². The molecule has 1 rings (SSSR count). The minimum Gasteiger partial charge on any atom is -0.385 e. The van der Waals surface area contributed by atoms with Crippen molar-refractivity contribution in [2.24, 2.45) is 0 Å². The van der Waals surface area contributed by atoms with E-state index in [-0.39, 0.29) is 0 Å². The van der Waals surface area contributed by atoms with Crippen molar-refractivity contribution in [1.82, 2.24) is 0 Å². The van der Waals surface area contributed by atoms with E-state index in [9.17, 15) is 5.11 Å². The summed E-state index contributed by atoms with van der Waals surface area (Å²) in [6.07, 6.45) is 9.27. The van der Waals surface area contributed by atoms with Crippen LogP contribution in [0.3, 0.4) is 0 Å². The predicted molar refractivity (Wildman–Crippen MR) is 38.1 cm³/mol. The normalized spacial score (nSPS) is 33.1. The van der Waals surface area contributed by atoms with Crippen LogP contribution in [0.15, 0.2) is 24.3 Å². The standard InChI is InChI=1S/C8H12O/c1-2-8(9)6-4-3-5-7-8/h3-6,9H,2,7H2,1H3/t8-/m1/s1. The van der Waals surface area contributed by atoms with Crippen molar-refractivity contribution < 1.29 is 5.11 Å². The Labute approximate surface area is 55.7 Å². The topological polar surface area (TPSA) is 20.2 Å². The highest BCUT2D eigenvalue weighted by molar-refractivity contribution is 5.17. The summed E-state index contributed by atoms with van der Waals surface area (Å²) in [6.45, 7) is 1.99. The smallest absolute Gasteiger partial charge is 0.0862 e. The van der Waals surface area contributed by atoms with Crippen LogP contribution in [-0.2, 0) is 0 Å². The molecule has 1 aliphatic carbocycles. The number of rotatable bonds is 1. The lowest BCUT2D eigenvalue weighted by Crippen LogP contribution is -2.24. The molecule has 1 heteroatoms. The van der Waals surface area contributed by atoms with Crippen LogP contribution in [0.2, 0.25) is 0 Å². The molecule has 0 aliphatic heterocycles. The van der Waals surface area contributed by atoms with E-state index in [0.717, 1.165) is 12.8 Å². The van der Waals surface area contributed by atoms with Crippen LogP contribution in [0, 0.1) is 0 Å². The molecule has 0 heterocycles. The second-order valence-electron chi connectivity index (χ2n) is 2.45. The fourth-order valence-corrected chi connectivity index (χ4v) is 0.916. The van der Waals surface area contributed by atoms with Gasteiger partial charge < -0.3 is 5.11 Å². The summed E-state index contributed by atoms with van der Waals surface area (Å²) in [7, 11) is 0. The molecule has 1 atom stereocenters. The van der Waals surface area contributed by atoms with Crippen molar-refractivity contribution >= 4 is 0 Å². The van der Waals surface area contributed by atoms with Gasteiger partial charge in [0.1, 0.15) is 0 Å². The first-order valence-electron chi connectivity index (χ1n) is 3.33. The highest BCUT2D eigenvalue weighted by atomic mass is 16.3. The molecule has 0 amide bonds. The van der Waals surface area contributed by atoms with Gasteiger partial charge in [-0.2, -0.15) is 0 Å². The fraction of sp³-hybridized carbons (Fsp3) is 0.500. The van der Waals surface area contributed by atoms with Crippen molar-refractivity contribution in [3.05, 3.63) is 24.3 Å². The summed E-state index contributed by atoms with van der Waals surface area (Å²) in [5.41, 5.74) is -0.547. The SMILES string of the molecule is CC[C@@]1(O)C=CC=CC1. The van der Waals surface area contributed by atoms with Crippen molar-refractivity contribution in [2.45, 2.75) is 25.4 Å². The summed E-state index contributed by atoms with van der Waals surface area (Å²) in [5, 5.41) is 9.54. The second kappa shape index (κ2) is 2.36. The zero-order chi connectivity index (χ0) is 6.74. The third-order valence-corrected chi connectivity index (χ3v) is 1.74. The maximum atomic E-state index is 9.54. The zero-order valence-corrected chi connectivity index (χ0v) is 5.67. The Morgan fingerprint density at radius 1 is 1.56 bits per heavy atom. The first kappa shape index (κ1) is 6.56. The first-order chi connectivity index (χ1) is 4.27. The van der Waals surface area contributed by atoms with Crippen LogP contribution in [0.1, 0.15) is 19.8 Å². The molecular formula is C8H12O. The van der Waals surface area contributed by atoms with E-state index < -0.39 is 5.60 Å². The largest absolute Gasteiger partial charge is 0.385 e. The number of hydrogen-bond acceptors (Lipinski definition) is 1. The Bertz CT molecular complexity index is 147. The summed E-state index contributed by atoms with van der Waals surface area (Å²) in [5.74, 6) is 0. The van der Waals surface area contributed by atoms with E-state index in [1.807, 2.05) is 31.2 Å². The molecule has 0 saturated carbocycles. The Hall–Kier alpha value is -0.560. The van der Waals surface area contributed by atoms with Gasteiger partial charge in [-0.1, -0.05) is 31.2 Å². The minimum absolute atomic E-state index is 0.547. The first-order valence-corrected chi connectivity index (χ1v) is 3.33. The molecule has 0 unspecified atom stereocenters. The summed E-state index contributed by atoms with van der Waals surface area (Å²) >= 11 is 0. The van der Waals surface area contributed by atoms with Gasteiger partial charge in [0.25, 0.3) is 0 Å². The minimum atomic E-state index is -0.547. The van der Waals surface area contributed by atoms with E-state index in [1.54, 1.807) is 0 Å². The molecule has 0 spiro atoms. The summed E-state index contributed by atoms with van der Waals surface area (Å²) < 4.78 is 0. The Balaban J connectivity index is 2.63. The zero-order valence-electron chi connectivity index (χ0n) is 5.67. The quantitative estimate of drug-likeness (QED) is 0.563. The molecular weight excluding hydrogens is 112 g/mol. The predicted octanol–water partition coefficient (Wildman–Crippen LogP) is 1.64. The van der Waals surface area contributed by atoms with Crippen molar-refractivity contribution in [1.29, 1.82) is 0 Å². The van der Waals surface area contributed by atoms with Gasteiger partial charge in [0, 0.05) is 0 Å². The van der Waals surface area contributed by atoms with Crippen LogP contribution in [-0.4, -0.2) is 10.7 Å².